The van der Waals surface area contributed by atoms with E-state index in [1.165, 1.54) is 11.3 Å². The zero-order valence-electron chi connectivity index (χ0n) is 9.88. The van der Waals surface area contributed by atoms with Gasteiger partial charge in [-0.05, 0) is 12.8 Å². The Morgan fingerprint density at radius 3 is 3.17 bits per heavy atom. The standard InChI is InChI=1S/C11H15ClN4OS/c12-9-5-14-10(18-9)8-4-15-11(13)16(8)6-7-2-1-3-17-7/h5,7-8H,1-4,6H2,(H2,13,15). The smallest absolute Gasteiger partial charge is 0.192 e. The number of hydrogen-bond acceptors (Lipinski definition) is 6. The molecule has 0 aliphatic carbocycles. The second kappa shape index (κ2) is 5.03. The average Bonchev–Trinajstić information content (AvgIpc) is 3.04. The monoisotopic (exact) mass is 286 g/mol. The van der Waals surface area contributed by atoms with Gasteiger partial charge in [-0.3, -0.25) is 4.99 Å². The van der Waals surface area contributed by atoms with E-state index in [1.54, 1.807) is 6.20 Å². The van der Waals surface area contributed by atoms with Gasteiger partial charge in [0.1, 0.15) is 15.4 Å². The van der Waals surface area contributed by atoms with Crippen LogP contribution < -0.4 is 5.73 Å². The van der Waals surface area contributed by atoms with Crippen LogP contribution in [0.1, 0.15) is 23.9 Å². The van der Waals surface area contributed by atoms with Gasteiger partial charge in [-0.1, -0.05) is 11.6 Å². The first-order valence-corrected chi connectivity index (χ1v) is 7.23. The van der Waals surface area contributed by atoms with Gasteiger partial charge in [0.25, 0.3) is 0 Å². The molecule has 2 aliphatic rings. The summed E-state index contributed by atoms with van der Waals surface area (Å²) in [5.41, 5.74) is 5.96. The third-order valence-corrected chi connectivity index (χ3v) is 4.52. The maximum atomic E-state index is 5.96. The second-order valence-corrected chi connectivity index (χ2v) is 6.20. The molecule has 1 fully saturated rings. The van der Waals surface area contributed by atoms with Gasteiger partial charge in [0, 0.05) is 13.2 Å². The summed E-state index contributed by atoms with van der Waals surface area (Å²) < 4.78 is 6.36. The fraction of sp³-hybridized carbons (Fsp3) is 0.636. The van der Waals surface area contributed by atoms with Crippen molar-refractivity contribution in [2.45, 2.75) is 25.0 Å². The molecule has 1 aromatic rings. The maximum absolute atomic E-state index is 5.96. The minimum atomic E-state index is 0.117. The van der Waals surface area contributed by atoms with Crippen LogP contribution in [0, 0.1) is 0 Å². The molecule has 0 radical (unpaired) electrons. The summed E-state index contributed by atoms with van der Waals surface area (Å²) in [6.07, 6.45) is 4.16. The number of halogens is 1. The van der Waals surface area contributed by atoms with Gasteiger partial charge in [-0.15, -0.1) is 11.3 Å². The molecule has 98 valence electrons. The van der Waals surface area contributed by atoms with E-state index in [9.17, 15) is 0 Å². The van der Waals surface area contributed by atoms with Gasteiger partial charge in [0.15, 0.2) is 5.96 Å². The topological polar surface area (TPSA) is 63.7 Å². The molecule has 3 rings (SSSR count). The van der Waals surface area contributed by atoms with Crippen molar-refractivity contribution in [1.82, 2.24) is 9.88 Å². The van der Waals surface area contributed by atoms with Crippen molar-refractivity contribution in [1.29, 1.82) is 0 Å². The summed E-state index contributed by atoms with van der Waals surface area (Å²) in [6, 6.07) is 0.117. The van der Waals surface area contributed by atoms with Crippen LogP contribution in [0.4, 0.5) is 0 Å². The largest absolute Gasteiger partial charge is 0.376 e. The number of nitrogens with two attached hydrogens (primary N) is 1. The number of ether oxygens (including phenoxy) is 1. The van der Waals surface area contributed by atoms with E-state index in [2.05, 4.69) is 14.9 Å². The molecular weight excluding hydrogens is 272 g/mol. The Labute approximate surface area is 115 Å². The van der Waals surface area contributed by atoms with Gasteiger partial charge in [-0.25, -0.2) is 4.98 Å². The van der Waals surface area contributed by atoms with Crippen LogP contribution in [0.15, 0.2) is 11.2 Å². The van der Waals surface area contributed by atoms with Crippen LogP contribution in [-0.2, 0) is 4.74 Å². The Morgan fingerprint density at radius 2 is 2.50 bits per heavy atom. The Balaban J connectivity index is 1.74. The SMILES string of the molecule is NC1=NCC(c2ncc(Cl)s2)N1CC1CCCO1. The average molecular weight is 287 g/mol. The third-order valence-electron chi connectivity index (χ3n) is 3.30. The molecule has 3 heterocycles. The van der Waals surface area contributed by atoms with Crippen LogP contribution in [0.25, 0.3) is 0 Å². The van der Waals surface area contributed by atoms with Crippen molar-refractivity contribution < 1.29 is 4.74 Å². The van der Waals surface area contributed by atoms with Crippen LogP contribution in [0.5, 0.6) is 0 Å². The van der Waals surface area contributed by atoms with Crippen LogP contribution in [-0.4, -0.2) is 41.6 Å². The summed E-state index contributed by atoms with van der Waals surface area (Å²) in [6.45, 7) is 2.29. The fourth-order valence-electron chi connectivity index (χ4n) is 2.39. The Kier molecular flexibility index (Phi) is 3.41. The van der Waals surface area contributed by atoms with E-state index in [1.807, 2.05) is 0 Å². The van der Waals surface area contributed by atoms with E-state index in [0.717, 1.165) is 31.0 Å². The van der Waals surface area contributed by atoms with E-state index < -0.39 is 0 Å². The number of rotatable bonds is 3. The fourth-order valence-corrected chi connectivity index (χ4v) is 3.42. The summed E-state index contributed by atoms with van der Waals surface area (Å²) in [5, 5.41) is 0.974. The number of aromatic nitrogens is 1. The molecular formula is C11H15ClN4OS. The first-order chi connectivity index (χ1) is 8.74. The molecule has 2 aliphatic heterocycles. The van der Waals surface area contributed by atoms with Gasteiger partial charge >= 0.3 is 0 Å². The van der Waals surface area contributed by atoms with E-state index >= 15 is 0 Å². The minimum absolute atomic E-state index is 0.117. The number of aliphatic imine (C=N–C) groups is 1. The van der Waals surface area contributed by atoms with E-state index in [0.29, 0.717) is 16.8 Å². The highest BCUT2D eigenvalue weighted by molar-refractivity contribution is 7.15. The molecule has 0 aromatic carbocycles. The molecule has 0 spiro atoms. The summed E-state index contributed by atoms with van der Waals surface area (Å²) in [5.74, 6) is 0.585. The van der Waals surface area contributed by atoms with Crippen molar-refractivity contribution in [3.63, 3.8) is 0 Å². The third kappa shape index (κ3) is 2.32. The molecule has 7 heteroatoms. The first kappa shape index (κ1) is 12.2. The van der Waals surface area contributed by atoms with Crippen molar-refractivity contribution in [3.05, 3.63) is 15.5 Å². The quantitative estimate of drug-likeness (QED) is 0.918. The number of nitrogens with zero attached hydrogens (tertiary/aromatic N) is 3. The molecule has 0 amide bonds. The summed E-state index contributed by atoms with van der Waals surface area (Å²) in [4.78, 5) is 10.7. The lowest BCUT2D eigenvalue weighted by Gasteiger charge is -2.27. The van der Waals surface area contributed by atoms with Gasteiger partial charge in [0.05, 0.1) is 18.8 Å². The van der Waals surface area contributed by atoms with E-state index in [-0.39, 0.29) is 12.1 Å². The lowest BCUT2D eigenvalue weighted by atomic mass is 10.2. The molecule has 5 nitrogen and oxygen atoms in total. The molecule has 2 unspecified atom stereocenters. The first-order valence-electron chi connectivity index (χ1n) is 6.03. The second-order valence-electron chi connectivity index (χ2n) is 4.50. The molecule has 1 aromatic heterocycles. The number of thiazole rings is 1. The van der Waals surface area contributed by atoms with Crippen molar-refractivity contribution in [2.75, 3.05) is 19.7 Å². The molecule has 2 N–H and O–H groups in total. The Hall–Kier alpha value is -0.850. The Morgan fingerprint density at radius 1 is 1.61 bits per heavy atom. The minimum Gasteiger partial charge on any atom is -0.376 e. The molecule has 0 saturated carbocycles. The summed E-state index contributed by atoms with van der Waals surface area (Å²) >= 11 is 7.43. The van der Waals surface area contributed by atoms with Gasteiger partial charge in [0.2, 0.25) is 0 Å². The van der Waals surface area contributed by atoms with Gasteiger partial charge in [-0.2, -0.15) is 0 Å². The Bertz CT molecular complexity index is 458. The number of guanidine groups is 1. The van der Waals surface area contributed by atoms with Crippen LogP contribution in [0.3, 0.4) is 0 Å². The number of hydrogen-bond donors (Lipinski definition) is 1. The summed E-state index contributed by atoms with van der Waals surface area (Å²) in [7, 11) is 0. The van der Waals surface area contributed by atoms with Crippen LogP contribution >= 0.6 is 22.9 Å². The molecule has 18 heavy (non-hydrogen) atoms. The molecule has 1 saturated heterocycles. The van der Waals surface area contributed by atoms with Gasteiger partial charge < -0.3 is 15.4 Å². The van der Waals surface area contributed by atoms with E-state index in [4.69, 9.17) is 22.1 Å². The predicted molar refractivity (Wildman–Crippen MR) is 72.0 cm³/mol. The van der Waals surface area contributed by atoms with Crippen molar-refractivity contribution >= 4 is 28.9 Å². The molecule has 0 bridgehead atoms. The highest BCUT2D eigenvalue weighted by Gasteiger charge is 2.32. The zero-order valence-corrected chi connectivity index (χ0v) is 11.5. The molecule has 2 atom stereocenters. The lowest BCUT2D eigenvalue weighted by molar-refractivity contribution is 0.0852. The normalized spacial score (nSPS) is 27.8. The highest BCUT2D eigenvalue weighted by atomic mass is 35.5. The van der Waals surface area contributed by atoms with Crippen molar-refractivity contribution in [2.24, 2.45) is 10.7 Å². The maximum Gasteiger partial charge on any atom is 0.192 e. The van der Waals surface area contributed by atoms with Crippen LogP contribution in [0.2, 0.25) is 4.34 Å². The highest BCUT2D eigenvalue weighted by Crippen LogP contribution is 2.31. The predicted octanol–water partition coefficient (Wildman–Crippen LogP) is 1.65. The van der Waals surface area contributed by atoms with Crippen molar-refractivity contribution in [3.8, 4) is 0 Å². The zero-order chi connectivity index (χ0) is 12.5. The lowest BCUT2D eigenvalue weighted by Crippen LogP contribution is -2.41.